The molecule has 0 unspecified atom stereocenters. The average molecular weight is 364 g/mol. The van der Waals surface area contributed by atoms with Crippen LogP contribution in [0.5, 0.6) is 0 Å². The summed E-state index contributed by atoms with van der Waals surface area (Å²) >= 11 is 0. The van der Waals surface area contributed by atoms with E-state index in [0.717, 1.165) is 23.3 Å². The van der Waals surface area contributed by atoms with Crippen molar-refractivity contribution in [3.63, 3.8) is 0 Å². The molecule has 0 atom stereocenters. The molecular weight excluding hydrogens is 355 g/mol. The molecule has 0 spiro atoms. The third-order valence-electron chi connectivity index (χ3n) is 3.38. The number of hydrazone groups is 1. The normalized spacial score (nSPS) is 14.5. The Morgan fingerprint density at radius 3 is 2.60 bits per heavy atom. The van der Waals surface area contributed by atoms with E-state index in [-0.39, 0.29) is 29.2 Å². The number of carbonyl (C=O) groups is 1. The van der Waals surface area contributed by atoms with Gasteiger partial charge in [-0.3, -0.25) is 14.9 Å². The van der Waals surface area contributed by atoms with Crippen LogP contribution in [0.3, 0.4) is 0 Å². The largest absolute Gasteiger partial charge is 0.332 e. The lowest BCUT2D eigenvalue weighted by atomic mass is 10.1. The van der Waals surface area contributed by atoms with Crippen molar-refractivity contribution < 1.29 is 22.0 Å². The molecule has 1 aromatic heterocycles. The molecule has 1 aromatic carbocycles. The summed E-state index contributed by atoms with van der Waals surface area (Å²) in [5.74, 6) is -0.371. The highest BCUT2D eigenvalue weighted by Gasteiger charge is 2.28. The van der Waals surface area contributed by atoms with Crippen molar-refractivity contribution in [2.45, 2.75) is 11.3 Å². The lowest BCUT2D eigenvalue weighted by Crippen LogP contribution is -2.20. The van der Waals surface area contributed by atoms with Crippen LogP contribution in [0.1, 0.15) is 12.0 Å². The summed E-state index contributed by atoms with van der Waals surface area (Å²) in [5.41, 5.74) is 0.271. The number of anilines is 1. The van der Waals surface area contributed by atoms with Crippen LogP contribution in [-0.4, -0.2) is 29.9 Å². The van der Waals surface area contributed by atoms with Gasteiger partial charge in [0.25, 0.3) is 11.6 Å². The van der Waals surface area contributed by atoms with Gasteiger partial charge in [-0.2, -0.15) is 18.5 Å². The monoisotopic (exact) mass is 364 g/mol. The number of carbonyl (C=O) groups excluding carboxylic acids is 1. The molecule has 0 saturated carbocycles. The van der Waals surface area contributed by atoms with Gasteiger partial charge in [0.2, 0.25) is 0 Å². The lowest BCUT2D eigenvalue weighted by Gasteiger charge is -2.09. The van der Waals surface area contributed by atoms with Crippen LogP contribution in [0.15, 0.2) is 52.6 Å². The Labute approximate surface area is 140 Å². The van der Waals surface area contributed by atoms with Gasteiger partial charge in [0.1, 0.15) is 6.20 Å². The van der Waals surface area contributed by atoms with Crippen molar-refractivity contribution in [2.24, 2.45) is 5.10 Å². The Bertz CT molecular complexity index is 1000. The minimum atomic E-state index is -4.88. The first-order valence-corrected chi connectivity index (χ1v) is 8.20. The summed E-state index contributed by atoms with van der Waals surface area (Å²) in [6.07, 6.45) is 0.848. The van der Waals surface area contributed by atoms with Crippen LogP contribution < -0.4 is 5.01 Å². The molecule has 11 heteroatoms. The van der Waals surface area contributed by atoms with Crippen molar-refractivity contribution in [3.05, 3.63) is 58.3 Å². The maximum Gasteiger partial charge on any atom is 0.332 e. The van der Waals surface area contributed by atoms with Crippen LogP contribution in [0.4, 0.5) is 15.4 Å². The van der Waals surface area contributed by atoms with E-state index in [4.69, 9.17) is 0 Å². The fourth-order valence-electron chi connectivity index (χ4n) is 2.21. The highest BCUT2D eigenvalue weighted by atomic mass is 32.3. The smallest absolute Gasteiger partial charge is 0.272 e. The van der Waals surface area contributed by atoms with E-state index in [2.05, 4.69) is 10.1 Å². The van der Waals surface area contributed by atoms with Gasteiger partial charge in [-0.05, 0) is 23.8 Å². The molecule has 2 heterocycles. The summed E-state index contributed by atoms with van der Waals surface area (Å²) in [6.45, 7) is 0. The fraction of sp³-hybridized carbons (Fsp3) is 0.0714. The van der Waals surface area contributed by atoms with Crippen LogP contribution in [0, 0.1) is 10.1 Å². The molecule has 1 aliphatic heterocycles. The molecule has 1 aliphatic rings. The molecule has 0 N–H and O–H groups in total. The standard InChI is InChI=1S/C14H9FN4O5S/c15-25(23,24)11-3-1-2-9(6-11)12-7-14(20)18(17-12)13-5-4-10(8-16-13)19(21)22/h1-6,8H,7H2. The quantitative estimate of drug-likeness (QED) is 0.463. The zero-order chi connectivity index (χ0) is 18.2. The van der Waals surface area contributed by atoms with Gasteiger partial charge in [0.05, 0.1) is 22.0 Å². The minimum absolute atomic E-state index is 0.0832. The van der Waals surface area contributed by atoms with Gasteiger partial charge in [0.15, 0.2) is 5.82 Å². The van der Waals surface area contributed by atoms with E-state index in [0.29, 0.717) is 0 Å². The van der Waals surface area contributed by atoms with Crippen LogP contribution in [0.2, 0.25) is 0 Å². The van der Waals surface area contributed by atoms with Gasteiger partial charge in [-0.15, -0.1) is 3.89 Å². The molecule has 0 fully saturated rings. The Hall–Kier alpha value is -3.21. The van der Waals surface area contributed by atoms with Crippen LogP contribution in [0.25, 0.3) is 0 Å². The molecule has 2 aromatic rings. The predicted octanol–water partition coefficient (Wildman–Crippen LogP) is 1.79. The SMILES string of the molecule is O=C1CC(c2cccc(S(=O)(=O)F)c2)=NN1c1ccc([N+](=O)[O-])cn1. The average Bonchev–Trinajstić information content (AvgIpc) is 2.96. The van der Waals surface area contributed by atoms with E-state index in [9.17, 15) is 27.2 Å². The zero-order valence-electron chi connectivity index (χ0n) is 12.4. The maximum atomic E-state index is 13.1. The van der Waals surface area contributed by atoms with Crippen LogP contribution in [-0.2, 0) is 15.0 Å². The number of benzene rings is 1. The number of pyridine rings is 1. The summed E-state index contributed by atoms with van der Waals surface area (Å²) < 4.78 is 35.1. The second-order valence-electron chi connectivity index (χ2n) is 5.03. The van der Waals surface area contributed by atoms with Crippen LogP contribution >= 0.6 is 0 Å². The van der Waals surface area contributed by atoms with Gasteiger partial charge in [-0.25, -0.2) is 4.98 Å². The second-order valence-corrected chi connectivity index (χ2v) is 6.37. The van der Waals surface area contributed by atoms with E-state index in [1.165, 1.54) is 24.3 Å². The number of amides is 1. The second kappa shape index (κ2) is 6.02. The number of halogens is 1. The van der Waals surface area contributed by atoms with Crippen molar-refractivity contribution in [1.29, 1.82) is 0 Å². The van der Waals surface area contributed by atoms with Crippen molar-refractivity contribution in [1.82, 2.24) is 4.98 Å². The Kier molecular flexibility index (Phi) is 4.00. The molecule has 0 bridgehead atoms. The molecule has 0 radical (unpaired) electrons. The number of rotatable bonds is 4. The van der Waals surface area contributed by atoms with E-state index in [1.54, 1.807) is 0 Å². The van der Waals surface area contributed by atoms with E-state index in [1.807, 2.05) is 0 Å². The lowest BCUT2D eigenvalue weighted by molar-refractivity contribution is -0.385. The highest BCUT2D eigenvalue weighted by molar-refractivity contribution is 7.86. The molecule has 0 aliphatic carbocycles. The molecule has 1 amide bonds. The van der Waals surface area contributed by atoms with Crippen molar-refractivity contribution >= 4 is 33.3 Å². The summed E-state index contributed by atoms with van der Waals surface area (Å²) in [7, 11) is -4.88. The Balaban J connectivity index is 1.94. The first-order chi connectivity index (χ1) is 11.8. The number of aromatic nitrogens is 1. The molecule has 9 nitrogen and oxygen atoms in total. The van der Waals surface area contributed by atoms with Gasteiger partial charge < -0.3 is 0 Å². The third kappa shape index (κ3) is 3.35. The Morgan fingerprint density at radius 1 is 1.24 bits per heavy atom. The molecular formula is C14H9FN4O5S. The summed E-state index contributed by atoms with van der Waals surface area (Å²) in [6, 6.07) is 7.44. The number of nitrogens with zero attached hydrogens (tertiary/aromatic N) is 4. The molecule has 3 rings (SSSR count). The topological polar surface area (TPSA) is 123 Å². The van der Waals surface area contributed by atoms with E-state index >= 15 is 0 Å². The summed E-state index contributed by atoms with van der Waals surface area (Å²) in [5, 5.41) is 15.6. The van der Waals surface area contributed by atoms with Gasteiger partial charge in [0, 0.05) is 6.07 Å². The summed E-state index contributed by atoms with van der Waals surface area (Å²) in [4.78, 5) is 25.4. The van der Waals surface area contributed by atoms with Crippen molar-refractivity contribution in [2.75, 3.05) is 5.01 Å². The first kappa shape index (κ1) is 16.6. The van der Waals surface area contributed by atoms with E-state index < -0.39 is 25.9 Å². The zero-order valence-corrected chi connectivity index (χ0v) is 13.2. The number of nitro groups is 1. The van der Waals surface area contributed by atoms with Crippen molar-refractivity contribution in [3.8, 4) is 0 Å². The third-order valence-corrected chi connectivity index (χ3v) is 4.20. The maximum absolute atomic E-state index is 13.1. The minimum Gasteiger partial charge on any atom is -0.272 e. The fourth-order valence-corrected chi connectivity index (χ4v) is 2.72. The highest BCUT2D eigenvalue weighted by Crippen LogP contribution is 2.24. The molecule has 128 valence electrons. The number of hydrogen-bond donors (Lipinski definition) is 0. The Morgan fingerprint density at radius 2 is 2.00 bits per heavy atom. The first-order valence-electron chi connectivity index (χ1n) is 6.82. The van der Waals surface area contributed by atoms with Gasteiger partial charge in [-0.1, -0.05) is 12.1 Å². The van der Waals surface area contributed by atoms with Gasteiger partial charge >= 0.3 is 10.2 Å². The molecule has 0 saturated heterocycles. The predicted molar refractivity (Wildman–Crippen MR) is 84.3 cm³/mol. The molecule has 25 heavy (non-hydrogen) atoms. The number of hydrogen-bond acceptors (Lipinski definition) is 7.